The minimum atomic E-state index is -0.863. The fourth-order valence-electron chi connectivity index (χ4n) is 3.46. The molecule has 0 atom stereocenters. The molecule has 0 fully saturated rings. The predicted molar refractivity (Wildman–Crippen MR) is 114 cm³/mol. The molecule has 2 aromatic carbocycles. The summed E-state index contributed by atoms with van der Waals surface area (Å²) in [5.41, 5.74) is 16.3. The van der Waals surface area contributed by atoms with Gasteiger partial charge in [0.25, 0.3) is 0 Å². The molecule has 0 radical (unpaired) electrons. The molecule has 0 aliphatic carbocycles. The summed E-state index contributed by atoms with van der Waals surface area (Å²) in [7, 11) is 1.96. The highest BCUT2D eigenvalue weighted by Gasteiger charge is 2.20. The number of fused-ring (bicyclic) bond motifs is 3. The van der Waals surface area contributed by atoms with Crippen LogP contribution in [-0.4, -0.2) is 25.6 Å². The maximum Gasteiger partial charge on any atom is 0.307 e. The van der Waals surface area contributed by atoms with Crippen LogP contribution in [-0.2, 0) is 18.3 Å². The lowest BCUT2D eigenvalue weighted by molar-refractivity contribution is -0.136. The van der Waals surface area contributed by atoms with Crippen LogP contribution in [0.3, 0.4) is 0 Å². The van der Waals surface area contributed by atoms with Crippen LogP contribution in [0.5, 0.6) is 0 Å². The van der Waals surface area contributed by atoms with Crippen LogP contribution in [0.1, 0.15) is 5.56 Å². The summed E-state index contributed by atoms with van der Waals surface area (Å²) < 4.78 is 2.91. The maximum absolute atomic E-state index is 11.1. The molecular weight excluding hydrogens is 457 g/mol. The zero-order valence-electron chi connectivity index (χ0n) is 14.4. The molecule has 0 saturated carbocycles. The second-order valence-corrected chi connectivity index (χ2v) is 7.42. The number of anilines is 2. The molecule has 4 rings (SSSR count). The molecule has 136 valence electrons. The van der Waals surface area contributed by atoms with Gasteiger partial charge in [-0.25, -0.2) is 4.98 Å². The Hall–Kier alpha value is -2.88. The van der Waals surface area contributed by atoms with Crippen LogP contribution < -0.4 is 11.5 Å². The number of benzene rings is 2. The summed E-state index contributed by atoms with van der Waals surface area (Å²) in [6.45, 7) is 0. The highest BCUT2D eigenvalue weighted by Crippen LogP contribution is 2.41. The Morgan fingerprint density at radius 1 is 1.26 bits per heavy atom. The summed E-state index contributed by atoms with van der Waals surface area (Å²) in [4.78, 5) is 19.7. The highest BCUT2D eigenvalue weighted by atomic mass is 127. The molecule has 0 unspecified atom stereocenters. The molecule has 0 aliphatic heterocycles. The van der Waals surface area contributed by atoms with Gasteiger partial charge in [0.2, 0.25) is 5.95 Å². The molecule has 2 aromatic heterocycles. The molecule has 0 spiro atoms. The van der Waals surface area contributed by atoms with Gasteiger partial charge < -0.3 is 21.1 Å². The monoisotopic (exact) mass is 473 g/mol. The van der Waals surface area contributed by atoms with E-state index in [2.05, 4.69) is 32.6 Å². The van der Waals surface area contributed by atoms with Crippen molar-refractivity contribution in [1.82, 2.24) is 14.5 Å². The van der Waals surface area contributed by atoms with Gasteiger partial charge in [-0.3, -0.25) is 4.79 Å². The van der Waals surface area contributed by atoms with Gasteiger partial charge in [-0.05, 0) is 39.8 Å². The van der Waals surface area contributed by atoms with Crippen LogP contribution >= 0.6 is 22.6 Å². The number of carboxylic acid groups (broad SMARTS) is 1. The summed E-state index contributed by atoms with van der Waals surface area (Å²) in [5.74, 6) is -0.394. The minimum absolute atomic E-state index is 0.0314. The number of nitrogen functional groups attached to an aromatic ring is 2. The smallest absolute Gasteiger partial charge is 0.307 e. The highest BCUT2D eigenvalue weighted by molar-refractivity contribution is 14.1. The van der Waals surface area contributed by atoms with Crippen LogP contribution in [0.4, 0.5) is 11.8 Å². The fraction of sp³-hybridized carbons (Fsp3) is 0.105. The van der Waals surface area contributed by atoms with Gasteiger partial charge in [-0.15, -0.1) is 0 Å². The zero-order valence-corrected chi connectivity index (χ0v) is 16.6. The van der Waals surface area contributed by atoms with Gasteiger partial charge in [0.15, 0.2) is 0 Å². The van der Waals surface area contributed by atoms with Crippen molar-refractivity contribution in [3.63, 3.8) is 0 Å². The van der Waals surface area contributed by atoms with E-state index in [-0.39, 0.29) is 12.4 Å². The van der Waals surface area contributed by atoms with Crippen molar-refractivity contribution in [3.8, 4) is 11.1 Å². The first kappa shape index (κ1) is 17.5. The zero-order chi connectivity index (χ0) is 19.3. The van der Waals surface area contributed by atoms with Crippen LogP contribution in [0.15, 0.2) is 36.5 Å². The number of aliphatic carboxylic acids is 1. The van der Waals surface area contributed by atoms with E-state index in [1.165, 1.54) is 0 Å². The number of aryl methyl sites for hydroxylation is 1. The Bertz CT molecular complexity index is 1230. The van der Waals surface area contributed by atoms with E-state index in [9.17, 15) is 4.79 Å². The molecule has 8 heteroatoms. The SMILES string of the molecule is Cn1ccc2c3c(N)nc(N)nc3c(I)c(-c3cccc(CC(=O)O)c3)c21. The van der Waals surface area contributed by atoms with Crippen molar-refractivity contribution in [2.24, 2.45) is 7.05 Å². The Morgan fingerprint density at radius 3 is 2.78 bits per heavy atom. The standard InChI is InChI=1S/C19H16IN5O2/c1-25-6-5-11-14-16(23-19(22)24-18(14)21)15(20)13(17(11)25)10-4-2-3-9(7-10)8-12(26)27/h2-7H,8H2,1H3,(H,26,27)(H4,21,22,23,24). The van der Waals surface area contributed by atoms with Crippen molar-refractivity contribution in [3.05, 3.63) is 45.7 Å². The van der Waals surface area contributed by atoms with Gasteiger partial charge in [0.1, 0.15) is 5.82 Å². The molecule has 5 N–H and O–H groups in total. The first-order valence-corrected chi connectivity index (χ1v) is 9.25. The molecule has 0 amide bonds. The molecule has 0 saturated heterocycles. The van der Waals surface area contributed by atoms with Crippen molar-refractivity contribution in [1.29, 1.82) is 0 Å². The van der Waals surface area contributed by atoms with Gasteiger partial charge in [-0.2, -0.15) is 4.98 Å². The lowest BCUT2D eigenvalue weighted by Crippen LogP contribution is -2.04. The average molecular weight is 473 g/mol. The van der Waals surface area contributed by atoms with Crippen molar-refractivity contribution >= 4 is 62.1 Å². The molecule has 4 aromatic rings. The average Bonchev–Trinajstić information content (AvgIpc) is 2.96. The number of halogens is 1. The Balaban J connectivity index is 2.13. The van der Waals surface area contributed by atoms with Crippen molar-refractivity contribution in [2.75, 3.05) is 11.5 Å². The van der Waals surface area contributed by atoms with Crippen molar-refractivity contribution < 1.29 is 9.90 Å². The predicted octanol–water partition coefficient (Wildman–Crippen LogP) is 3.18. The minimum Gasteiger partial charge on any atom is -0.481 e. The number of hydrogen-bond acceptors (Lipinski definition) is 5. The second kappa shape index (κ2) is 6.38. The quantitative estimate of drug-likeness (QED) is 0.393. The molecule has 7 nitrogen and oxygen atoms in total. The van der Waals surface area contributed by atoms with E-state index in [1.54, 1.807) is 0 Å². The van der Waals surface area contributed by atoms with Crippen LogP contribution in [0.25, 0.3) is 32.9 Å². The Morgan fingerprint density at radius 2 is 2.04 bits per heavy atom. The largest absolute Gasteiger partial charge is 0.481 e. The summed E-state index contributed by atoms with van der Waals surface area (Å²) in [6.07, 6.45) is 1.93. The molecule has 0 bridgehead atoms. The lowest BCUT2D eigenvalue weighted by atomic mass is 9.97. The van der Waals surface area contributed by atoms with E-state index in [0.717, 1.165) is 36.5 Å². The summed E-state index contributed by atoms with van der Waals surface area (Å²) in [5, 5.41) is 10.8. The topological polar surface area (TPSA) is 120 Å². The van der Waals surface area contributed by atoms with Gasteiger partial charge in [0.05, 0.1) is 22.8 Å². The van der Waals surface area contributed by atoms with Gasteiger partial charge in [-0.1, -0.05) is 24.3 Å². The molecule has 0 aliphatic rings. The number of aromatic nitrogens is 3. The second-order valence-electron chi connectivity index (χ2n) is 6.34. The number of nitrogens with zero attached hydrogens (tertiary/aromatic N) is 3. The number of carbonyl (C=O) groups is 1. The van der Waals surface area contributed by atoms with E-state index in [1.807, 2.05) is 48.1 Å². The number of rotatable bonds is 3. The normalized spacial score (nSPS) is 11.3. The molecular formula is C19H16IN5O2. The maximum atomic E-state index is 11.1. The van der Waals surface area contributed by atoms with E-state index < -0.39 is 5.97 Å². The summed E-state index contributed by atoms with van der Waals surface area (Å²) >= 11 is 2.24. The first-order chi connectivity index (χ1) is 12.9. The van der Waals surface area contributed by atoms with E-state index >= 15 is 0 Å². The first-order valence-electron chi connectivity index (χ1n) is 8.17. The summed E-state index contributed by atoms with van der Waals surface area (Å²) in [6, 6.07) is 9.53. The van der Waals surface area contributed by atoms with E-state index in [4.69, 9.17) is 16.6 Å². The third-order valence-corrected chi connectivity index (χ3v) is 5.58. The Kier molecular flexibility index (Phi) is 4.14. The third kappa shape index (κ3) is 2.85. The Labute approximate surface area is 168 Å². The number of carboxylic acids is 1. The number of hydrogen-bond donors (Lipinski definition) is 3. The third-order valence-electron chi connectivity index (χ3n) is 4.53. The van der Waals surface area contributed by atoms with Crippen molar-refractivity contribution in [2.45, 2.75) is 6.42 Å². The van der Waals surface area contributed by atoms with Crippen LogP contribution in [0.2, 0.25) is 0 Å². The van der Waals surface area contributed by atoms with E-state index in [0.29, 0.717) is 11.3 Å². The van der Waals surface area contributed by atoms with Gasteiger partial charge >= 0.3 is 5.97 Å². The number of nitrogens with two attached hydrogens (primary N) is 2. The van der Waals surface area contributed by atoms with Gasteiger partial charge in [0, 0.05) is 27.8 Å². The van der Waals surface area contributed by atoms with Crippen LogP contribution in [0, 0.1) is 3.57 Å². The fourth-order valence-corrected chi connectivity index (χ4v) is 4.42. The molecule has 2 heterocycles. The molecule has 27 heavy (non-hydrogen) atoms. The lowest BCUT2D eigenvalue weighted by Gasteiger charge is -2.14.